The van der Waals surface area contributed by atoms with Gasteiger partial charge >= 0.3 is 5.97 Å². The first-order valence-corrected chi connectivity index (χ1v) is 5.29. The summed E-state index contributed by atoms with van der Waals surface area (Å²) < 4.78 is 0. The van der Waals surface area contributed by atoms with Crippen molar-refractivity contribution in [2.45, 2.75) is 18.9 Å². The molecule has 0 aromatic heterocycles. The number of nitrogens with one attached hydrogen (secondary N) is 1. The molecule has 2 atom stereocenters. The molecule has 2 unspecified atom stereocenters. The number of rotatable bonds is 6. The van der Waals surface area contributed by atoms with Crippen LogP contribution < -0.4 is 5.32 Å². The van der Waals surface area contributed by atoms with E-state index in [1.807, 2.05) is 37.3 Å². The molecule has 1 aromatic rings. The topological polar surface area (TPSA) is 49.3 Å². The Morgan fingerprint density at radius 3 is 2.62 bits per heavy atom. The third-order valence-electron chi connectivity index (χ3n) is 2.57. The second-order valence-electron chi connectivity index (χ2n) is 3.71. The fraction of sp³-hybridized carbons (Fsp3) is 0.308. The molecule has 0 amide bonds. The van der Waals surface area contributed by atoms with Gasteiger partial charge in [-0.1, -0.05) is 43.3 Å². The van der Waals surface area contributed by atoms with E-state index in [0.717, 1.165) is 5.56 Å². The van der Waals surface area contributed by atoms with Gasteiger partial charge in [0.1, 0.15) is 6.04 Å². The SMILES string of the molecule is C=CCNC(C(=O)O)C(C)c1ccccc1. The van der Waals surface area contributed by atoms with E-state index in [2.05, 4.69) is 11.9 Å². The maximum Gasteiger partial charge on any atom is 0.321 e. The monoisotopic (exact) mass is 219 g/mol. The molecule has 1 rings (SSSR count). The van der Waals surface area contributed by atoms with Crippen molar-refractivity contribution < 1.29 is 9.90 Å². The van der Waals surface area contributed by atoms with E-state index in [9.17, 15) is 4.79 Å². The molecule has 0 bridgehead atoms. The minimum atomic E-state index is -0.835. The Hall–Kier alpha value is -1.61. The van der Waals surface area contributed by atoms with Gasteiger partial charge < -0.3 is 10.4 Å². The summed E-state index contributed by atoms with van der Waals surface area (Å²) in [6.07, 6.45) is 1.66. The summed E-state index contributed by atoms with van der Waals surface area (Å²) in [6, 6.07) is 9.05. The van der Waals surface area contributed by atoms with Gasteiger partial charge in [0, 0.05) is 12.5 Å². The Balaban J connectivity index is 2.78. The van der Waals surface area contributed by atoms with Crippen molar-refractivity contribution in [2.75, 3.05) is 6.54 Å². The molecule has 0 saturated carbocycles. The maximum atomic E-state index is 11.1. The van der Waals surface area contributed by atoms with Gasteiger partial charge in [-0.05, 0) is 5.56 Å². The lowest BCUT2D eigenvalue weighted by atomic mass is 9.93. The standard InChI is InChI=1S/C13H17NO2/c1-3-9-14-12(13(15)16)10(2)11-7-5-4-6-8-11/h3-8,10,12,14H,1,9H2,2H3,(H,15,16). The molecule has 0 fully saturated rings. The minimum Gasteiger partial charge on any atom is -0.480 e. The number of carboxylic acid groups (broad SMARTS) is 1. The number of carboxylic acids is 1. The number of aliphatic carboxylic acids is 1. The quantitative estimate of drug-likeness (QED) is 0.720. The highest BCUT2D eigenvalue weighted by atomic mass is 16.4. The third kappa shape index (κ3) is 3.21. The Morgan fingerprint density at radius 1 is 1.50 bits per heavy atom. The predicted molar refractivity (Wildman–Crippen MR) is 64.5 cm³/mol. The van der Waals surface area contributed by atoms with Crippen LogP contribution in [0, 0.1) is 0 Å². The number of hydrogen-bond donors (Lipinski definition) is 2. The molecule has 1 aromatic carbocycles. The van der Waals surface area contributed by atoms with Gasteiger partial charge in [0.25, 0.3) is 0 Å². The van der Waals surface area contributed by atoms with E-state index in [1.54, 1.807) is 6.08 Å². The molecule has 0 aliphatic heterocycles. The highest BCUT2D eigenvalue weighted by Gasteiger charge is 2.24. The maximum absolute atomic E-state index is 11.1. The van der Waals surface area contributed by atoms with Crippen molar-refractivity contribution in [2.24, 2.45) is 0 Å². The van der Waals surface area contributed by atoms with Crippen LogP contribution in [0.4, 0.5) is 0 Å². The molecule has 0 heterocycles. The molecule has 3 heteroatoms. The van der Waals surface area contributed by atoms with Gasteiger partial charge in [-0.15, -0.1) is 6.58 Å². The van der Waals surface area contributed by atoms with Crippen molar-refractivity contribution in [3.63, 3.8) is 0 Å². The van der Waals surface area contributed by atoms with Crippen LogP contribution in [-0.4, -0.2) is 23.7 Å². The average molecular weight is 219 g/mol. The second kappa shape index (κ2) is 6.08. The van der Waals surface area contributed by atoms with Crippen molar-refractivity contribution in [1.29, 1.82) is 0 Å². The molecule has 16 heavy (non-hydrogen) atoms. The first-order chi connectivity index (χ1) is 7.66. The van der Waals surface area contributed by atoms with Crippen molar-refractivity contribution in [3.8, 4) is 0 Å². The van der Waals surface area contributed by atoms with Crippen LogP contribution in [0.15, 0.2) is 43.0 Å². The van der Waals surface area contributed by atoms with Crippen LogP contribution >= 0.6 is 0 Å². The zero-order valence-electron chi connectivity index (χ0n) is 9.39. The van der Waals surface area contributed by atoms with Crippen LogP contribution in [0.25, 0.3) is 0 Å². The van der Waals surface area contributed by atoms with Crippen LogP contribution in [0.5, 0.6) is 0 Å². The van der Waals surface area contributed by atoms with Crippen molar-refractivity contribution in [3.05, 3.63) is 48.6 Å². The molecule has 0 aliphatic rings. The van der Waals surface area contributed by atoms with E-state index >= 15 is 0 Å². The highest BCUT2D eigenvalue weighted by Crippen LogP contribution is 2.18. The van der Waals surface area contributed by atoms with Gasteiger partial charge in [0.2, 0.25) is 0 Å². The molecule has 0 radical (unpaired) electrons. The summed E-state index contributed by atoms with van der Waals surface area (Å²) in [5.41, 5.74) is 1.02. The van der Waals surface area contributed by atoms with E-state index in [1.165, 1.54) is 0 Å². The summed E-state index contributed by atoms with van der Waals surface area (Å²) in [4.78, 5) is 11.1. The fourth-order valence-electron chi connectivity index (χ4n) is 1.64. The number of carbonyl (C=O) groups is 1. The van der Waals surface area contributed by atoms with Crippen LogP contribution in [0.2, 0.25) is 0 Å². The molecule has 2 N–H and O–H groups in total. The Morgan fingerprint density at radius 2 is 2.12 bits per heavy atom. The van der Waals surface area contributed by atoms with Gasteiger partial charge in [0.05, 0.1) is 0 Å². The summed E-state index contributed by atoms with van der Waals surface area (Å²) in [5.74, 6) is -0.906. The second-order valence-corrected chi connectivity index (χ2v) is 3.71. The van der Waals surface area contributed by atoms with Crippen LogP contribution in [0.1, 0.15) is 18.4 Å². The van der Waals surface area contributed by atoms with Crippen LogP contribution in [0.3, 0.4) is 0 Å². The Kier molecular flexibility index (Phi) is 4.73. The minimum absolute atomic E-state index is 0.0707. The van der Waals surface area contributed by atoms with Gasteiger partial charge in [-0.25, -0.2) is 0 Å². The first kappa shape index (κ1) is 12.5. The Bertz CT molecular complexity index is 348. The summed E-state index contributed by atoms with van der Waals surface area (Å²) in [6.45, 7) is 5.97. The van der Waals surface area contributed by atoms with Crippen LogP contribution in [-0.2, 0) is 4.79 Å². The fourth-order valence-corrected chi connectivity index (χ4v) is 1.64. The third-order valence-corrected chi connectivity index (χ3v) is 2.57. The average Bonchev–Trinajstić information content (AvgIpc) is 2.30. The zero-order chi connectivity index (χ0) is 12.0. The van der Waals surface area contributed by atoms with Gasteiger partial charge in [-0.3, -0.25) is 4.79 Å². The molecule has 3 nitrogen and oxygen atoms in total. The van der Waals surface area contributed by atoms with E-state index in [4.69, 9.17) is 5.11 Å². The zero-order valence-corrected chi connectivity index (χ0v) is 9.39. The number of hydrogen-bond acceptors (Lipinski definition) is 2. The summed E-state index contributed by atoms with van der Waals surface area (Å²) in [7, 11) is 0. The first-order valence-electron chi connectivity index (χ1n) is 5.29. The lowest BCUT2D eigenvalue weighted by Crippen LogP contribution is -2.40. The van der Waals surface area contributed by atoms with Gasteiger partial charge in [0.15, 0.2) is 0 Å². The van der Waals surface area contributed by atoms with Crippen molar-refractivity contribution >= 4 is 5.97 Å². The molecule has 86 valence electrons. The lowest BCUT2D eigenvalue weighted by Gasteiger charge is -2.21. The van der Waals surface area contributed by atoms with E-state index in [0.29, 0.717) is 6.54 Å². The van der Waals surface area contributed by atoms with E-state index in [-0.39, 0.29) is 5.92 Å². The van der Waals surface area contributed by atoms with E-state index < -0.39 is 12.0 Å². The predicted octanol–water partition coefficient (Wildman–Crippen LogP) is 2.02. The largest absolute Gasteiger partial charge is 0.480 e. The molecular formula is C13H17NO2. The Labute approximate surface area is 95.8 Å². The lowest BCUT2D eigenvalue weighted by molar-refractivity contribution is -0.139. The smallest absolute Gasteiger partial charge is 0.321 e. The van der Waals surface area contributed by atoms with Gasteiger partial charge in [-0.2, -0.15) is 0 Å². The highest BCUT2D eigenvalue weighted by molar-refractivity contribution is 5.75. The molecule has 0 spiro atoms. The normalized spacial score (nSPS) is 14.1. The van der Waals surface area contributed by atoms with Crippen molar-refractivity contribution in [1.82, 2.24) is 5.32 Å². The molecular weight excluding hydrogens is 202 g/mol. The molecule has 0 saturated heterocycles. The number of benzene rings is 1. The molecule has 0 aliphatic carbocycles. The summed E-state index contributed by atoms with van der Waals surface area (Å²) >= 11 is 0. The summed E-state index contributed by atoms with van der Waals surface area (Å²) in [5, 5.41) is 12.1.